The third-order valence-corrected chi connectivity index (χ3v) is 3.59. The molecule has 0 aliphatic carbocycles. The van der Waals surface area contributed by atoms with E-state index < -0.39 is 36.6 Å². The number of aliphatic hydroxyl groups excluding tert-OH is 2. The van der Waals surface area contributed by atoms with Crippen molar-refractivity contribution in [1.82, 2.24) is 5.32 Å². The van der Waals surface area contributed by atoms with Crippen LogP contribution in [0.1, 0.15) is 27.6 Å². The molecular formula is C18H18FNO6. The highest BCUT2D eigenvalue weighted by Gasteiger charge is 2.23. The van der Waals surface area contributed by atoms with E-state index in [2.05, 4.69) is 5.32 Å². The Balaban J connectivity index is 1.88. The van der Waals surface area contributed by atoms with E-state index in [0.717, 1.165) is 23.8 Å². The Labute approximate surface area is 148 Å². The van der Waals surface area contributed by atoms with Gasteiger partial charge in [0.2, 0.25) is 0 Å². The highest BCUT2D eigenvalue weighted by atomic mass is 19.1. The zero-order valence-corrected chi connectivity index (χ0v) is 13.6. The number of carbonyl (C=O) groups excluding carboxylic acids is 1. The Hall–Kier alpha value is -2.97. The van der Waals surface area contributed by atoms with Gasteiger partial charge >= 0.3 is 12.1 Å². The minimum absolute atomic E-state index is 0.0284. The summed E-state index contributed by atoms with van der Waals surface area (Å²) >= 11 is 0. The van der Waals surface area contributed by atoms with Crippen LogP contribution >= 0.6 is 0 Å². The number of amides is 1. The Morgan fingerprint density at radius 1 is 1.12 bits per heavy atom. The maximum absolute atomic E-state index is 13.8. The maximum atomic E-state index is 13.8. The molecule has 4 N–H and O–H groups in total. The highest BCUT2D eigenvalue weighted by molar-refractivity contribution is 5.87. The average molecular weight is 363 g/mol. The zero-order chi connectivity index (χ0) is 19.1. The third kappa shape index (κ3) is 5.27. The monoisotopic (exact) mass is 363 g/mol. The van der Waals surface area contributed by atoms with Crippen LogP contribution in [-0.2, 0) is 11.3 Å². The van der Waals surface area contributed by atoms with Crippen LogP contribution in [0.5, 0.6) is 0 Å². The number of benzene rings is 2. The molecule has 138 valence electrons. The molecule has 0 saturated heterocycles. The Kier molecular flexibility index (Phi) is 6.65. The molecule has 0 aliphatic heterocycles. The van der Waals surface area contributed by atoms with Gasteiger partial charge in [0.1, 0.15) is 24.6 Å². The van der Waals surface area contributed by atoms with Crippen LogP contribution in [0.2, 0.25) is 0 Å². The largest absolute Gasteiger partial charge is 0.478 e. The van der Waals surface area contributed by atoms with Crippen molar-refractivity contribution in [3.8, 4) is 0 Å². The van der Waals surface area contributed by atoms with E-state index in [-0.39, 0.29) is 17.7 Å². The second kappa shape index (κ2) is 8.93. The molecular weight excluding hydrogens is 345 g/mol. The Morgan fingerprint density at radius 2 is 1.81 bits per heavy atom. The van der Waals surface area contributed by atoms with E-state index in [0.29, 0.717) is 0 Å². The lowest BCUT2D eigenvalue weighted by molar-refractivity contribution is 0.0163. The number of aromatic carboxylic acids is 1. The summed E-state index contributed by atoms with van der Waals surface area (Å²) in [4.78, 5) is 22.5. The number of rotatable bonds is 7. The fourth-order valence-electron chi connectivity index (χ4n) is 2.18. The fourth-order valence-corrected chi connectivity index (χ4v) is 2.18. The molecule has 2 rings (SSSR count). The molecule has 26 heavy (non-hydrogen) atoms. The SMILES string of the molecule is O=C(NCC(O)C(O)c1cc(C(=O)O)ccc1F)OCc1ccccc1. The summed E-state index contributed by atoms with van der Waals surface area (Å²) in [5.41, 5.74) is 0.163. The van der Waals surface area contributed by atoms with Crippen molar-refractivity contribution >= 4 is 12.1 Å². The molecule has 8 heteroatoms. The van der Waals surface area contributed by atoms with E-state index in [1.165, 1.54) is 0 Å². The molecule has 2 atom stereocenters. The zero-order valence-electron chi connectivity index (χ0n) is 13.6. The molecule has 0 aliphatic rings. The number of carbonyl (C=O) groups is 2. The number of ether oxygens (including phenoxy) is 1. The van der Waals surface area contributed by atoms with Gasteiger partial charge in [-0.2, -0.15) is 0 Å². The van der Waals surface area contributed by atoms with Gasteiger partial charge in [-0.25, -0.2) is 14.0 Å². The molecule has 0 radical (unpaired) electrons. The molecule has 0 saturated carbocycles. The van der Waals surface area contributed by atoms with Gasteiger partial charge in [0.05, 0.1) is 5.56 Å². The molecule has 0 heterocycles. The van der Waals surface area contributed by atoms with Crippen molar-refractivity contribution in [1.29, 1.82) is 0 Å². The van der Waals surface area contributed by atoms with Gasteiger partial charge in [0, 0.05) is 12.1 Å². The van der Waals surface area contributed by atoms with Crippen LogP contribution in [0.15, 0.2) is 48.5 Å². The predicted molar refractivity (Wildman–Crippen MR) is 89.0 cm³/mol. The number of halogens is 1. The molecule has 2 unspecified atom stereocenters. The van der Waals surface area contributed by atoms with Crippen LogP contribution in [0.25, 0.3) is 0 Å². The van der Waals surface area contributed by atoms with Gasteiger partial charge in [0.25, 0.3) is 0 Å². The first kappa shape index (κ1) is 19.4. The molecule has 1 amide bonds. The Bertz CT molecular complexity index is 768. The van der Waals surface area contributed by atoms with Crippen LogP contribution in [0, 0.1) is 5.82 Å². The summed E-state index contributed by atoms with van der Waals surface area (Å²) in [5, 5.41) is 31.1. The van der Waals surface area contributed by atoms with Crippen molar-refractivity contribution in [2.45, 2.75) is 18.8 Å². The van der Waals surface area contributed by atoms with Crippen molar-refractivity contribution in [3.63, 3.8) is 0 Å². The van der Waals surface area contributed by atoms with E-state index in [4.69, 9.17) is 9.84 Å². The smallest absolute Gasteiger partial charge is 0.407 e. The minimum atomic E-state index is -1.72. The standard InChI is InChI=1S/C18H18FNO6/c19-14-7-6-12(17(23)24)8-13(14)16(22)15(21)9-20-18(25)26-10-11-4-2-1-3-5-11/h1-8,15-16,21-22H,9-10H2,(H,20,25)(H,23,24). The second-order valence-electron chi connectivity index (χ2n) is 5.50. The number of hydrogen-bond donors (Lipinski definition) is 4. The average Bonchev–Trinajstić information content (AvgIpc) is 2.64. The number of nitrogens with one attached hydrogen (secondary N) is 1. The fraction of sp³-hybridized carbons (Fsp3) is 0.222. The summed E-state index contributed by atoms with van der Waals surface area (Å²) in [6.45, 7) is -0.383. The lowest BCUT2D eigenvalue weighted by Crippen LogP contribution is -2.36. The lowest BCUT2D eigenvalue weighted by Gasteiger charge is -2.19. The maximum Gasteiger partial charge on any atom is 0.407 e. The molecule has 7 nitrogen and oxygen atoms in total. The normalized spacial score (nSPS) is 12.9. The summed E-state index contributed by atoms with van der Waals surface area (Å²) in [7, 11) is 0. The number of carboxylic acids is 1. The van der Waals surface area contributed by atoms with Gasteiger partial charge in [-0.1, -0.05) is 30.3 Å². The molecule has 2 aromatic rings. The van der Waals surface area contributed by atoms with Gasteiger partial charge in [-0.05, 0) is 23.8 Å². The summed E-state index contributed by atoms with van der Waals surface area (Å²) in [5.74, 6) is -2.16. The molecule has 0 bridgehead atoms. The Morgan fingerprint density at radius 3 is 2.46 bits per heavy atom. The van der Waals surface area contributed by atoms with E-state index in [1.807, 2.05) is 6.07 Å². The van der Waals surface area contributed by atoms with Crippen molar-refractivity contribution < 1.29 is 34.0 Å². The van der Waals surface area contributed by atoms with Gasteiger partial charge in [-0.15, -0.1) is 0 Å². The first-order valence-corrected chi connectivity index (χ1v) is 7.72. The van der Waals surface area contributed by atoms with Crippen molar-refractivity contribution in [2.75, 3.05) is 6.54 Å². The molecule has 2 aromatic carbocycles. The lowest BCUT2D eigenvalue weighted by atomic mass is 10.0. The number of carboxylic acid groups (broad SMARTS) is 1. The van der Waals surface area contributed by atoms with Crippen molar-refractivity contribution in [3.05, 3.63) is 71.0 Å². The first-order chi connectivity index (χ1) is 12.4. The number of hydrogen-bond acceptors (Lipinski definition) is 5. The van der Waals surface area contributed by atoms with E-state index in [1.54, 1.807) is 24.3 Å². The number of alkyl carbamates (subject to hydrolysis) is 1. The molecule has 0 fully saturated rings. The first-order valence-electron chi connectivity index (χ1n) is 7.72. The van der Waals surface area contributed by atoms with Crippen LogP contribution in [-0.4, -0.2) is 40.0 Å². The summed E-state index contributed by atoms with van der Waals surface area (Å²) < 4.78 is 18.7. The topological polar surface area (TPSA) is 116 Å². The highest BCUT2D eigenvalue weighted by Crippen LogP contribution is 2.21. The van der Waals surface area contributed by atoms with Gasteiger partial charge in [0.15, 0.2) is 0 Å². The quantitative estimate of drug-likeness (QED) is 0.597. The minimum Gasteiger partial charge on any atom is -0.478 e. The summed E-state index contributed by atoms with van der Waals surface area (Å²) in [6.07, 6.45) is -4.10. The van der Waals surface area contributed by atoms with Gasteiger partial charge < -0.3 is 25.4 Å². The molecule has 0 spiro atoms. The predicted octanol–water partition coefficient (Wildman–Crippen LogP) is 1.84. The van der Waals surface area contributed by atoms with Crippen LogP contribution in [0.3, 0.4) is 0 Å². The van der Waals surface area contributed by atoms with Crippen LogP contribution < -0.4 is 5.32 Å². The third-order valence-electron chi connectivity index (χ3n) is 3.59. The van der Waals surface area contributed by atoms with Crippen molar-refractivity contribution in [2.24, 2.45) is 0 Å². The number of aliphatic hydroxyl groups is 2. The van der Waals surface area contributed by atoms with Gasteiger partial charge in [-0.3, -0.25) is 0 Å². The van der Waals surface area contributed by atoms with E-state index >= 15 is 0 Å². The second-order valence-corrected chi connectivity index (χ2v) is 5.50. The van der Waals surface area contributed by atoms with E-state index in [9.17, 15) is 24.2 Å². The molecule has 0 aromatic heterocycles. The van der Waals surface area contributed by atoms with Crippen LogP contribution in [0.4, 0.5) is 9.18 Å². The summed E-state index contributed by atoms with van der Waals surface area (Å²) in [6, 6.07) is 11.8.